The molecule has 1 N–H and O–H groups in total. The van der Waals surface area contributed by atoms with Crippen molar-refractivity contribution in [3.63, 3.8) is 0 Å². The quantitative estimate of drug-likeness (QED) is 0.892. The number of halogens is 1. The van der Waals surface area contributed by atoms with Crippen LogP contribution in [0.2, 0.25) is 0 Å². The maximum absolute atomic E-state index is 9.27. The van der Waals surface area contributed by atoms with E-state index in [-0.39, 0.29) is 5.75 Å². The summed E-state index contributed by atoms with van der Waals surface area (Å²) in [5, 5.41) is 9.27. The molecule has 0 amide bonds. The number of phenols is 1. The number of hydrogen-bond acceptors (Lipinski definition) is 3. The molecule has 3 nitrogen and oxygen atoms in total. The highest BCUT2D eigenvalue weighted by atomic mass is 79.9. The lowest BCUT2D eigenvalue weighted by molar-refractivity contribution is 0.307. The van der Waals surface area contributed by atoms with E-state index in [9.17, 15) is 5.11 Å². The molecule has 0 heterocycles. The maximum atomic E-state index is 9.27. The van der Waals surface area contributed by atoms with E-state index in [0.717, 1.165) is 0 Å². The summed E-state index contributed by atoms with van der Waals surface area (Å²) in [4.78, 5) is 0. The first-order valence-corrected chi connectivity index (χ1v) is 4.67. The summed E-state index contributed by atoms with van der Waals surface area (Å²) < 4.78 is 11.1. The van der Waals surface area contributed by atoms with Crippen molar-refractivity contribution in [1.29, 1.82) is 0 Å². The molecule has 0 saturated carbocycles. The van der Waals surface area contributed by atoms with Gasteiger partial charge in [-0.1, -0.05) is 0 Å². The second kappa shape index (κ2) is 4.37. The Morgan fingerprint density at radius 3 is 2.69 bits per heavy atom. The standard InChI is InChI=1S/C9H11BrO3/c1-3-13-8-5-6(11)4-7(10)9(8)12-2/h4-5,11H,3H2,1-2H3. The highest BCUT2D eigenvalue weighted by Gasteiger charge is 2.09. The number of ether oxygens (including phenoxy) is 2. The molecule has 13 heavy (non-hydrogen) atoms. The maximum Gasteiger partial charge on any atom is 0.175 e. The van der Waals surface area contributed by atoms with Crippen molar-refractivity contribution in [2.24, 2.45) is 0 Å². The van der Waals surface area contributed by atoms with Crippen molar-refractivity contribution < 1.29 is 14.6 Å². The smallest absolute Gasteiger partial charge is 0.175 e. The van der Waals surface area contributed by atoms with Crippen LogP contribution in [0.25, 0.3) is 0 Å². The van der Waals surface area contributed by atoms with E-state index in [1.54, 1.807) is 13.2 Å². The van der Waals surface area contributed by atoms with Crippen LogP contribution in [0.15, 0.2) is 16.6 Å². The normalized spacial score (nSPS) is 9.77. The number of phenolic OH excluding ortho intramolecular Hbond substituents is 1. The van der Waals surface area contributed by atoms with Gasteiger partial charge in [-0.15, -0.1) is 0 Å². The van der Waals surface area contributed by atoms with Crippen LogP contribution in [0.3, 0.4) is 0 Å². The average molecular weight is 247 g/mol. The zero-order chi connectivity index (χ0) is 9.84. The first-order valence-electron chi connectivity index (χ1n) is 3.88. The van der Waals surface area contributed by atoms with Gasteiger partial charge in [-0.25, -0.2) is 0 Å². The van der Waals surface area contributed by atoms with Gasteiger partial charge in [0.25, 0.3) is 0 Å². The molecule has 0 aromatic heterocycles. The van der Waals surface area contributed by atoms with Crippen molar-refractivity contribution in [3.05, 3.63) is 16.6 Å². The van der Waals surface area contributed by atoms with Crippen LogP contribution in [0, 0.1) is 0 Å². The Morgan fingerprint density at radius 1 is 1.46 bits per heavy atom. The molecule has 0 radical (unpaired) electrons. The summed E-state index contributed by atoms with van der Waals surface area (Å²) in [6.45, 7) is 2.41. The van der Waals surface area contributed by atoms with Crippen LogP contribution >= 0.6 is 15.9 Å². The van der Waals surface area contributed by atoms with Crippen LogP contribution in [-0.2, 0) is 0 Å². The lowest BCUT2D eigenvalue weighted by Gasteiger charge is -2.10. The predicted molar refractivity (Wildman–Crippen MR) is 53.5 cm³/mol. The summed E-state index contributed by atoms with van der Waals surface area (Å²) in [5.41, 5.74) is 0. The van der Waals surface area contributed by atoms with Gasteiger partial charge in [0.05, 0.1) is 18.2 Å². The molecule has 0 spiro atoms. The Bertz CT molecular complexity index is 299. The van der Waals surface area contributed by atoms with Gasteiger partial charge in [0.15, 0.2) is 11.5 Å². The Hall–Kier alpha value is -0.900. The van der Waals surface area contributed by atoms with Crippen LogP contribution in [0.5, 0.6) is 17.2 Å². The van der Waals surface area contributed by atoms with Crippen molar-refractivity contribution in [2.75, 3.05) is 13.7 Å². The van der Waals surface area contributed by atoms with E-state index in [2.05, 4.69) is 15.9 Å². The first kappa shape index (κ1) is 10.2. The fraction of sp³-hybridized carbons (Fsp3) is 0.333. The zero-order valence-corrected chi connectivity index (χ0v) is 9.09. The van der Waals surface area contributed by atoms with Gasteiger partial charge in [0, 0.05) is 6.07 Å². The van der Waals surface area contributed by atoms with E-state index in [1.165, 1.54) is 6.07 Å². The third-order valence-corrected chi connectivity index (χ3v) is 2.09. The summed E-state index contributed by atoms with van der Waals surface area (Å²) in [6, 6.07) is 3.08. The first-order chi connectivity index (χ1) is 6.19. The fourth-order valence-electron chi connectivity index (χ4n) is 1.02. The number of rotatable bonds is 3. The third kappa shape index (κ3) is 2.28. The SMILES string of the molecule is CCOc1cc(O)cc(Br)c1OC. The number of methoxy groups -OCH3 is 1. The summed E-state index contributed by atoms with van der Waals surface area (Å²) >= 11 is 3.26. The van der Waals surface area contributed by atoms with E-state index in [4.69, 9.17) is 9.47 Å². The molecule has 0 atom stereocenters. The molecule has 0 bridgehead atoms. The topological polar surface area (TPSA) is 38.7 Å². The molecule has 1 aromatic carbocycles. The Kier molecular flexibility index (Phi) is 3.42. The molecule has 1 rings (SSSR count). The van der Waals surface area contributed by atoms with E-state index < -0.39 is 0 Å². The summed E-state index contributed by atoms with van der Waals surface area (Å²) in [7, 11) is 1.56. The van der Waals surface area contributed by atoms with Gasteiger partial charge in [-0.3, -0.25) is 0 Å². The minimum absolute atomic E-state index is 0.149. The van der Waals surface area contributed by atoms with E-state index >= 15 is 0 Å². The second-order valence-electron chi connectivity index (χ2n) is 2.39. The van der Waals surface area contributed by atoms with Crippen LogP contribution in [0.4, 0.5) is 0 Å². The Morgan fingerprint density at radius 2 is 2.15 bits per heavy atom. The molecule has 0 fully saturated rings. The van der Waals surface area contributed by atoms with E-state index in [1.807, 2.05) is 6.92 Å². The summed E-state index contributed by atoms with van der Waals surface area (Å²) in [6.07, 6.45) is 0. The summed E-state index contributed by atoms with van der Waals surface area (Å²) in [5.74, 6) is 1.28. The van der Waals surface area contributed by atoms with Gasteiger partial charge in [0.2, 0.25) is 0 Å². The Balaban J connectivity index is 3.13. The van der Waals surface area contributed by atoms with Crippen molar-refractivity contribution in [2.45, 2.75) is 6.92 Å². The minimum atomic E-state index is 0.149. The molecule has 0 aliphatic rings. The van der Waals surface area contributed by atoms with E-state index in [0.29, 0.717) is 22.6 Å². The Labute approximate surface area is 85.4 Å². The molecule has 0 aliphatic heterocycles. The molecule has 1 aromatic rings. The number of aromatic hydroxyl groups is 1. The lowest BCUT2D eigenvalue weighted by Crippen LogP contribution is -1.95. The van der Waals surface area contributed by atoms with Crippen molar-refractivity contribution in [1.82, 2.24) is 0 Å². The van der Waals surface area contributed by atoms with Crippen molar-refractivity contribution >= 4 is 15.9 Å². The fourth-order valence-corrected chi connectivity index (χ4v) is 1.61. The number of hydrogen-bond donors (Lipinski definition) is 1. The molecule has 0 unspecified atom stereocenters. The van der Waals surface area contributed by atoms with Crippen LogP contribution < -0.4 is 9.47 Å². The molecule has 72 valence electrons. The third-order valence-electron chi connectivity index (χ3n) is 1.50. The molecular formula is C9H11BrO3. The molecule has 0 saturated heterocycles. The van der Waals surface area contributed by atoms with Gasteiger partial charge in [-0.05, 0) is 28.9 Å². The predicted octanol–water partition coefficient (Wildman–Crippen LogP) is 2.56. The van der Waals surface area contributed by atoms with Crippen LogP contribution in [-0.4, -0.2) is 18.8 Å². The largest absolute Gasteiger partial charge is 0.508 e. The van der Waals surface area contributed by atoms with Gasteiger partial charge >= 0.3 is 0 Å². The highest BCUT2D eigenvalue weighted by molar-refractivity contribution is 9.10. The highest BCUT2D eigenvalue weighted by Crippen LogP contribution is 2.38. The zero-order valence-electron chi connectivity index (χ0n) is 7.50. The number of benzene rings is 1. The van der Waals surface area contributed by atoms with Gasteiger partial charge < -0.3 is 14.6 Å². The van der Waals surface area contributed by atoms with Gasteiger partial charge in [-0.2, -0.15) is 0 Å². The second-order valence-corrected chi connectivity index (χ2v) is 3.25. The molecule has 0 aliphatic carbocycles. The van der Waals surface area contributed by atoms with Gasteiger partial charge in [0.1, 0.15) is 5.75 Å². The monoisotopic (exact) mass is 246 g/mol. The average Bonchev–Trinajstić information content (AvgIpc) is 2.04. The molecular weight excluding hydrogens is 236 g/mol. The lowest BCUT2D eigenvalue weighted by atomic mass is 10.3. The van der Waals surface area contributed by atoms with Crippen molar-refractivity contribution in [3.8, 4) is 17.2 Å². The molecule has 4 heteroatoms. The van der Waals surface area contributed by atoms with Crippen LogP contribution in [0.1, 0.15) is 6.92 Å². The minimum Gasteiger partial charge on any atom is -0.508 e.